The first-order valence-electron chi connectivity index (χ1n) is 6.29. The van der Waals surface area contributed by atoms with Gasteiger partial charge in [-0.1, -0.05) is 35.3 Å². The van der Waals surface area contributed by atoms with Crippen LogP contribution in [0.2, 0.25) is 10.0 Å². The van der Waals surface area contributed by atoms with Gasteiger partial charge in [0.25, 0.3) is 0 Å². The zero-order valence-corrected chi connectivity index (χ0v) is 14.3. The predicted molar refractivity (Wildman–Crippen MR) is 95.9 cm³/mol. The SMILES string of the molecule is COc1cc(OC)c(NC(=S)Nc2ccccc2Cl)cc1Cl. The van der Waals surface area contributed by atoms with Crippen molar-refractivity contribution in [2.24, 2.45) is 0 Å². The third kappa shape index (κ3) is 3.94. The van der Waals surface area contributed by atoms with Crippen molar-refractivity contribution >= 4 is 51.9 Å². The van der Waals surface area contributed by atoms with Gasteiger partial charge in [-0.3, -0.25) is 0 Å². The van der Waals surface area contributed by atoms with Crippen molar-refractivity contribution in [3.63, 3.8) is 0 Å². The van der Waals surface area contributed by atoms with Crippen LogP contribution in [0.3, 0.4) is 0 Å². The Bertz CT molecular complexity index is 695. The highest BCUT2D eigenvalue weighted by molar-refractivity contribution is 7.80. The molecule has 0 amide bonds. The smallest absolute Gasteiger partial charge is 0.175 e. The molecule has 0 radical (unpaired) electrons. The van der Waals surface area contributed by atoms with E-state index in [0.29, 0.717) is 38.0 Å². The number of hydrogen-bond acceptors (Lipinski definition) is 3. The maximum Gasteiger partial charge on any atom is 0.175 e. The van der Waals surface area contributed by atoms with Crippen molar-refractivity contribution in [1.29, 1.82) is 0 Å². The highest BCUT2D eigenvalue weighted by atomic mass is 35.5. The largest absolute Gasteiger partial charge is 0.495 e. The number of para-hydroxylation sites is 1. The summed E-state index contributed by atoms with van der Waals surface area (Å²) in [6.07, 6.45) is 0. The van der Waals surface area contributed by atoms with E-state index in [-0.39, 0.29) is 0 Å². The lowest BCUT2D eigenvalue weighted by Crippen LogP contribution is -2.19. The van der Waals surface area contributed by atoms with Crippen molar-refractivity contribution in [2.75, 3.05) is 24.9 Å². The van der Waals surface area contributed by atoms with Gasteiger partial charge in [-0.15, -0.1) is 0 Å². The average molecular weight is 357 g/mol. The first kappa shape index (κ1) is 16.7. The molecule has 0 unspecified atom stereocenters. The van der Waals surface area contributed by atoms with Gasteiger partial charge in [-0.2, -0.15) is 0 Å². The van der Waals surface area contributed by atoms with Gasteiger partial charge in [0.05, 0.1) is 35.6 Å². The number of rotatable bonds is 4. The van der Waals surface area contributed by atoms with E-state index in [2.05, 4.69) is 10.6 Å². The van der Waals surface area contributed by atoms with E-state index in [1.807, 2.05) is 18.2 Å². The zero-order chi connectivity index (χ0) is 16.1. The first-order valence-corrected chi connectivity index (χ1v) is 7.45. The second-order valence-corrected chi connectivity index (χ2v) is 5.47. The Labute approximate surface area is 144 Å². The molecule has 0 aliphatic heterocycles. The average Bonchev–Trinajstić information content (AvgIpc) is 2.50. The summed E-state index contributed by atoms with van der Waals surface area (Å²) in [7, 11) is 3.09. The molecule has 0 heterocycles. The summed E-state index contributed by atoms with van der Waals surface area (Å²) >= 11 is 17.5. The van der Waals surface area contributed by atoms with Crippen molar-refractivity contribution in [2.45, 2.75) is 0 Å². The molecule has 0 saturated carbocycles. The Morgan fingerprint density at radius 3 is 2.18 bits per heavy atom. The molecule has 0 aliphatic rings. The number of hydrogen-bond donors (Lipinski definition) is 2. The number of benzene rings is 2. The van der Waals surface area contributed by atoms with Gasteiger partial charge in [-0.05, 0) is 30.4 Å². The van der Waals surface area contributed by atoms with Crippen molar-refractivity contribution in [3.8, 4) is 11.5 Å². The van der Waals surface area contributed by atoms with E-state index in [0.717, 1.165) is 0 Å². The first-order chi connectivity index (χ1) is 10.5. The highest BCUT2D eigenvalue weighted by Crippen LogP contribution is 2.36. The minimum Gasteiger partial charge on any atom is -0.495 e. The molecule has 0 saturated heterocycles. The van der Waals surface area contributed by atoms with E-state index < -0.39 is 0 Å². The van der Waals surface area contributed by atoms with Crippen LogP contribution in [0.25, 0.3) is 0 Å². The van der Waals surface area contributed by atoms with Gasteiger partial charge in [0.2, 0.25) is 0 Å². The number of halogens is 2. The molecule has 4 nitrogen and oxygen atoms in total. The summed E-state index contributed by atoms with van der Waals surface area (Å²) in [5.41, 5.74) is 1.33. The summed E-state index contributed by atoms with van der Waals surface area (Å²) in [6.45, 7) is 0. The second kappa shape index (κ2) is 7.54. The van der Waals surface area contributed by atoms with Crippen molar-refractivity contribution in [3.05, 3.63) is 46.4 Å². The van der Waals surface area contributed by atoms with Gasteiger partial charge in [0.1, 0.15) is 11.5 Å². The van der Waals surface area contributed by atoms with Gasteiger partial charge in [0.15, 0.2) is 5.11 Å². The lowest BCUT2D eigenvalue weighted by Gasteiger charge is -2.15. The van der Waals surface area contributed by atoms with Crippen LogP contribution < -0.4 is 20.1 Å². The number of nitrogens with one attached hydrogen (secondary N) is 2. The normalized spacial score (nSPS) is 10.0. The predicted octanol–water partition coefficient (Wildman–Crippen LogP) is 4.82. The Morgan fingerprint density at radius 1 is 0.909 bits per heavy atom. The van der Waals surface area contributed by atoms with E-state index in [4.69, 9.17) is 44.9 Å². The molecule has 0 bridgehead atoms. The molecule has 2 rings (SSSR count). The summed E-state index contributed by atoms with van der Waals surface area (Å²) in [4.78, 5) is 0. The van der Waals surface area contributed by atoms with Crippen LogP contribution in [-0.2, 0) is 0 Å². The summed E-state index contributed by atoms with van der Waals surface area (Å²) < 4.78 is 10.5. The fourth-order valence-electron chi connectivity index (χ4n) is 1.80. The molecule has 0 atom stereocenters. The lowest BCUT2D eigenvalue weighted by molar-refractivity contribution is 0.396. The molecule has 2 aromatic rings. The van der Waals surface area contributed by atoms with Crippen LogP contribution in [0.4, 0.5) is 11.4 Å². The Kier molecular flexibility index (Phi) is 5.71. The summed E-state index contributed by atoms with van der Waals surface area (Å²) in [5.74, 6) is 1.08. The number of ether oxygens (including phenoxy) is 2. The molecular formula is C15H14Cl2N2O2S. The number of anilines is 2. The minimum atomic E-state index is 0.368. The van der Waals surface area contributed by atoms with Crippen LogP contribution in [0.1, 0.15) is 0 Å². The van der Waals surface area contributed by atoms with Crippen LogP contribution in [0.5, 0.6) is 11.5 Å². The van der Waals surface area contributed by atoms with E-state index in [9.17, 15) is 0 Å². The highest BCUT2D eigenvalue weighted by Gasteiger charge is 2.11. The van der Waals surface area contributed by atoms with E-state index in [1.54, 1.807) is 25.3 Å². The Hall–Kier alpha value is -1.69. The van der Waals surface area contributed by atoms with Crippen LogP contribution in [-0.4, -0.2) is 19.3 Å². The molecule has 116 valence electrons. The number of thiocarbonyl (C=S) groups is 1. The minimum absolute atomic E-state index is 0.368. The van der Waals surface area contributed by atoms with Gasteiger partial charge in [-0.25, -0.2) is 0 Å². The monoisotopic (exact) mass is 356 g/mol. The maximum atomic E-state index is 6.12. The van der Waals surface area contributed by atoms with Crippen LogP contribution >= 0.6 is 35.4 Å². The Morgan fingerprint density at radius 2 is 1.55 bits per heavy atom. The molecule has 7 heteroatoms. The van der Waals surface area contributed by atoms with E-state index >= 15 is 0 Å². The van der Waals surface area contributed by atoms with Crippen molar-refractivity contribution < 1.29 is 9.47 Å². The molecule has 0 aromatic heterocycles. The molecule has 2 N–H and O–H groups in total. The fraction of sp³-hybridized carbons (Fsp3) is 0.133. The summed E-state index contributed by atoms with van der Waals surface area (Å²) in [6, 6.07) is 10.7. The van der Waals surface area contributed by atoms with Crippen molar-refractivity contribution in [1.82, 2.24) is 0 Å². The zero-order valence-electron chi connectivity index (χ0n) is 11.9. The molecule has 2 aromatic carbocycles. The second-order valence-electron chi connectivity index (χ2n) is 4.25. The van der Waals surface area contributed by atoms with Crippen LogP contribution in [0.15, 0.2) is 36.4 Å². The molecule has 0 fully saturated rings. The fourth-order valence-corrected chi connectivity index (χ4v) is 2.44. The molecule has 22 heavy (non-hydrogen) atoms. The topological polar surface area (TPSA) is 42.5 Å². The summed E-state index contributed by atoms with van der Waals surface area (Å²) in [5, 5.41) is 7.44. The molecule has 0 spiro atoms. The maximum absolute atomic E-state index is 6.12. The third-order valence-electron chi connectivity index (χ3n) is 2.84. The van der Waals surface area contributed by atoms with E-state index in [1.165, 1.54) is 7.11 Å². The van der Waals surface area contributed by atoms with Gasteiger partial charge >= 0.3 is 0 Å². The number of methoxy groups -OCH3 is 2. The standard InChI is InChI=1S/C15H14Cl2N2O2S/c1-20-13-8-14(21-2)12(7-10(13)17)19-15(22)18-11-6-4-3-5-9(11)16/h3-8H,1-2H3,(H2,18,19,22). The third-order valence-corrected chi connectivity index (χ3v) is 3.67. The van der Waals surface area contributed by atoms with Gasteiger partial charge < -0.3 is 20.1 Å². The quantitative estimate of drug-likeness (QED) is 0.768. The molecule has 0 aliphatic carbocycles. The van der Waals surface area contributed by atoms with Crippen LogP contribution in [0, 0.1) is 0 Å². The molecular weight excluding hydrogens is 343 g/mol. The van der Waals surface area contributed by atoms with Gasteiger partial charge in [0, 0.05) is 6.07 Å². The Balaban J connectivity index is 2.18. The lowest BCUT2D eigenvalue weighted by atomic mass is 10.2.